The van der Waals surface area contributed by atoms with Crippen LogP contribution in [-0.2, 0) is 19.1 Å². The fraction of sp³-hybridized carbons (Fsp3) is 0.783. The zero-order valence-corrected chi connectivity index (χ0v) is 18.6. The first-order valence-electron chi connectivity index (χ1n) is 10.9. The summed E-state index contributed by atoms with van der Waals surface area (Å²) in [6.07, 6.45) is 7.39. The Morgan fingerprint density at radius 3 is 1.83 bits per heavy atom. The molecule has 1 saturated carbocycles. The van der Waals surface area contributed by atoms with Crippen LogP contribution < -0.4 is 0 Å². The molecule has 6 nitrogen and oxygen atoms in total. The lowest BCUT2D eigenvalue weighted by Crippen LogP contribution is -2.25. The van der Waals surface area contributed by atoms with Crippen molar-refractivity contribution in [1.82, 2.24) is 0 Å². The van der Waals surface area contributed by atoms with Gasteiger partial charge in [0.15, 0.2) is 0 Å². The average molecular weight is 413 g/mol. The highest BCUT2D eigenvalue weighted by Crippen LogP contribution is 2.28. The summed E-state index contributed by atoms with van der Waals surface area (Å²) in [6.45, 7) is 12.8. The van der Waals surface area contributed by atoms with E-state index in [1.165, 1.54) is 12.8 Å². The van der Waals surface area contributed by atoms with Crippen molar-refractivity contribution in [1.29, 1.82) is 0 Å². The van der Waals surface area contributed by atoms with Crippen molar-refractivity contribution < 1.29 is 29.3 Å². The lowest BCUT2D eigenvalue weighted by Gasteiger charge is -2.22. The zero-order chi connectivity index (χ0) is 22.4. The van der Waals surface area contributed by atoms with E-state index < -0.39 is 11.9 Å². The smallest absolute Gasteiger partial charge is 0.333 e. The molecular formula is C23H40O6. The molecule has 0 spiro atoms. The van der Waals surface area contributed by atoms with E-state index in [0.29, 0.717) is 49.7 Å². The summed E-state index contributed by atoms with van der Waals surface area (Å²) in [5.41, 5.74) is 0.602. The lowest BCUT2D eigenvalue weighted by atomic mass is 9.82. The Bertz CT molecular complexity index is 495. The molecule has 1 aliphatic carbocycles. The number of carboxylic acid groups (broad SMARTS) is 2. The van der Waals surface area contributed by atoms with Gasteiger partial charge in [0.25, 0.3) is 0 Å². The zero-order valence-electron chi connectivity index (χ0n) is 18.6. The molecule has 0 saturated heterocycles. The molecular weight excluding hydrogens is 372 g/mol. The third kappa shape index (κ3) is 12.3. The third-order valence-electron chi connectivity index (χ3n) is 5.36. The van der Waals surface area contributed by atoms with Gasteiger partial charge >= 0.3 is 17.9 Å². The van der Waals surface area contributed by atoms with Crippen LogP contribution in [0.25, 0.3) is 0 Å². The summed E-state index contributed by atoms with van der Waals surface area (Å²) in [5, 5.41) is 17.2. The van der Waals surface area contributed by atoms with Gasteiger partial charge in [-0.3, -0.25) is 9.59 Å². The number of carboxylic acids is 2. The molecule has 29 heavy (non-hydrogen) atoms. The summed E-state index contributed by atoms with van der Waals surface area (Å²) in [7, 11) is 0. The molecule has 0 aliphatic heterocycles. The van der Waals surface area contributed by atoms with Crippen LogP contribution >= 0.6 is 0 Å². The number of rotatable bonds is 11. The molecule has 6 heteroatoms. The van der Waals surface area contributed by atoms with E-state index in [0.717, 1.165) is 19.3 Å². The molecule has 0 radical (unpaired) electrons. The normalized spacial score (nSPS) is 19.6. The van der Waals surface area contributed by atoms with Crippen molar-refractivity contribution in [2.75, 3.05) is 6.61 Å². The third-order valence-corrected chi connectivity index (χ3v) is 5.36. The number of carbonyl (C=O) groups is 3. The number of ether oxygens (including phenoxy) is 1. The van der Waals surface area contributed by atoms with Crippen molar-refractivity contribution in [3.05, 3.63) is 12.2 Å². The maximum atomic E-state index is 11.7. The summed E-state index contributed by atoms with van der Waals surface area (Å²) >= 11 is 0. The van der Waals surface area contributed by atoms with Crippen molar-refractivity contribution in [2.24, 2.45) is 23.7 Å². The first-order chi connectivity index (χ1) is 13.6. The van der Waals surface area contributed by atoms with Crippen LogP contribution in [0.4, 0.5) is 0 Å². The molecule has 0 amide bonds. The van der Waals surface area contributed by atoms with Gasteiger partial charge in [-0.15, -0.1) is 0 Å². The Labute approximate surface area is 175 Å². The highest BCUT2D eigenvalue weighted by Gasteiger charge is 2.29. The SMILES string of the molecule is C=C(CC(C)C)C(=O)OCC(CC)CCCC.O=C(O)C1CCC(C(=O)O)CC1. The Hall–Kier alpha value is -1.85. The number of hydrogen-bond acceptors (Lipinski definition) is 4. The van der Waals surface area contributed by atoms with Crippen LogP contribution in [0.5, 0.6) is 0 Å². The molecule has 1 atom stereocenters. The van der Waals surface area contributed by atoms with Gasteiger partial charge in [-0.1, -0.05) is 53.5 Å². The number of hydrogen-bond donors (Lipinski definition) is 2. The van der Waals surface area contributed by atoms with Gasteiger partial charge in [-0.2, -0.15) is 0 Å². The first kappa shape index (κ1) is 27.1. The van der Waals surface area contributed by atoms with Gasteiger partial charge in [-0.05, 0) is 50.4 Å². The van der Waals surface area contributed by atoms with Crippen molar-refractivity contribution in [2.45, 2.75) is 85.5 Å². The Morgan fingerprint density at radius 2 is 1.48 bits per heavy atom. The van der Waals surface area contributed by atoms with Crippen molar-refractivity contribution >= 4 is 17.9 Å². The van der Waals surface area contributed by atoms with Crippen molar-refractivity contribution in [3.8, 4) is 0 Å². The highest BCUT2D eigenvalue weighted by molar-refractivity contribution is 5.87. The number of esters is 1. The second-order valence-electron chi connectivity index (χ2n) is 8.44. The molecule has 1 fully saturated rings. The van der Waals surface area contributed by atoms with Crippen LogP contribution in [0.15, 0.2) is 12.2 Å². The summed E-state index contributed by atoms with van der Waals surface area (Å²) in [4.78, 5) is 32.6. The highest BCUT2D eigenvalue weighted by atomic mass is 16.5. The topological polar surface area (TPSA) is 101 Å². The van der Waals surface area contributed by atoms with Gasteiger partial charge in [0, 0.05) is 5.57 Å². The van der Waals surface area contributed by atoms with Gasteiger partial charge < -0.3 is 14.9 Å². The molecule has 1 unspecified atom stereocenters. The largest absolute Gasteiger partial charge is 0.481 e. The van der Waals surface area contributed by atoms with E-state index in [-0.39, 0.29) is 17.8 Å². The molecule has 0 bridgehead atoms. The maximum Gasteiger partial charge on any atom is 0.333 e. The van der Waals surface area contributed by atoms with E-state index in [2.05, 4.69) is 34.3 Å². The molecule has 1 rings (SSSR count). The Morgan fingerprint density at radius 1 is 1.00 bits per heavy atom. The fourth-order valence-corrected chi connectivity index (χ4v) is 3.36. The van der Waals surface area contributed by atoms with Crippen LogP contribution in [0, 0.1) is 23.7 Å². The van der Waals surface area contributed by atoms with E-state index >= 15 is 0 Å². The van der Waals surface area contributed by atoms with E-state index in [1.54, 1.807) is 0 Å². The van der Waals surface area contributed by atoms with E-state index in [9.17, 15) is 14.4 Å². The quantitative estimate of drug-likeness (QED) is 0.352. The second kappa shape index (κ2) is 15.1. The van der Waals surface area contributed by atoms with Crippen LogP contribution in [0.3, 0.4) is 0 Å². The molecule has 168 valence electrons. The molecule has 0 heterocycles. The second-order valence-corrected chi connectivity index (χ2v) is 8.44. The average Bonchev–Trinajstić information content (AvgIpc) is 2.67. The lowest BCUT2D eigenvalue weighted by molar-refractivity contribution is -0.148. The number of aliphatic carboxylic acids is 2. The minimum Gasteiger partial charge on any atom is -0.481 e. The minimum atomic E-state index is -0.793. The molecule has 0 aromatic carbocycles. The monoisotopic (exact) mass is 412 g/mol. The van der Waals surface area contributed by atoms with Crippen LogP contribution in [-0.4, -0.2) is 34.7 Å². The van der Waals surface area contributed by atoms with Crippen molar-refractivity contribution in [3.63, 3.8) is 0 Å². The van der Waals surface area contributed by atoms with Crippen LogP contribution in [0.2, 0.25) is 0 Å². The Kier molecular flexibility index (Phi) is 14.1. The van der Waals surface area contributed by atoms with E-state index in [1.807, 2.05) is 0 Å². The predicted molar refractivity (Wildman–Crippen MR) is 114 cm³/mol. The predicted octanol–water partition coefficient (Wildman–Crippen LogP) is 5.31. The Balaban J connectivity index is 0.000000571. The molecule has 0 aromatic rings. The van der Waals surface area contributed by atoms with Gasteiger partial charge in [-0.25, -0.2) is 4.79 Å². The van der Waals surface area contributed by atoms with Gasteiger partial charge in [0.2, 0.25) is 0 Å². The molecule has 2 N–H and O–H groups in total. The van der Waals surface area contributed by atoms with E-state index in [4.69, 9.17) is 14.9 Å². The van der Waals surface area contributed by atoms with Gasteiger partial charge in [0.1, 0.15) is 0 Å². The first-order valence-corrected chi connectivity index (χ1v) is 10.9. The molecule has 1 aliphatic rings. The number of carbonyl (C=O) groups excluding carboxylic acids is 1. The maximum absolute atomic E-state index is 11.7. The summed E-state index contributed by atoms with van der Waals surface area (Å²) in [5.74, 6) is -1.48. The fourth-order valence-electron chi connectivity index (χ4n) is 3.36. The number of unbranched alkanes of at least 4 members (excludes halogenated alkanes) is 1. The summed E-state index contributed by atoms with van der Waals surface area (Å²) in [6, 6.07) is 0. The van der Waals surface area contributed by atoms with Gasteiger partial charge in [0.05, 0.1) is 18.4 Å². The summed E-state index contributed by atoms with van der Waals surface area (Å²) < 4.78 is 5.32. The standard InChI is InChI=1S/C15H28O2.C8H12O4/c1-6-8-9-14(7-2)11-17-15(16)13(5)10-12(3)4;9-7(10)5-1-2-6(4-3-5)8(11)12/h12,14H,5-11H2,1-4H3;5-6H,1-4H2,(H,9,10)(H,11,12). The minimum absolute atomic E-state index is 0.214. The molecule has 0 aromatic heterocycles. The van der Waals surface area contributed by atoms with Crippen LogP contribution in [0.1, 0.15) is 85.5 Å².